The Morgan fingerprint density at radius 1 is 1.19 bits per heavy atom. The first kappa shape index (κ1) is 16.3. The van der Waals surface area contributed by atoms with Crippen molar-refractivity contribution in [3.8, 4) is 0 Å². The first-order valence-corrected chi connectivity index (χ1v) is 9.53. The summed E-state index contributed by atoms with van der Waals surface area (Å²) >= 11 is 0. The minimum Gasteiger partial charge on any atom is -0.451 e. The van der Waals surface area contributed by atoms with Gasteiger partial charge in [0.25, 0.3) is 5.91 Å². The summed E-state index contributed by atoms with van der Waals surface area (Å²) in [5, 5.41) is 0.971. The minimum absolute atomic E-state index is 0.000539. The van der Waals surface area contributed by atoms with Crippen LogP contribution in [0.3, 0.4) is 0 Å². The standard InChI is InChI=1S/C21H22N4O2/c1-14-22-9-6-20(23-14)24-10-7-15-8-11-25(17(15)13-24)21(26)19-12-16-4-2-3-5-18(16)27-19/h2-6,9,12,15,17H,7-8,10-11,13H2,1H3. The summed E-state index contributed by atoms with van der Waals surface area (Å²) in [6.45, 7) is 4.49. The second-order valence-corrected chi connectivity index (χ2v) is 7.46. The molecule has 0 N–H and O–H groups in total. The summed E-state index contributed by atoms with van der Waals surface area (Å²) in [6, 6.07) is 11.8. The number of fused-ring (bicyclic) bond motifs is 2. The van der Waals surface area contributed by atoms with E-state index in [-0.39, 0.29) is 11.9 Å². The third-order valence-corrected chi connectivity index (χ3v) is 5.85. The molecule has 2 aromatic heterocycles. The van der Waals surface area contributed by atoms with E-state index in [1.807, 2.05) is 48.2 Å². The van der Waals surface area contributed by atoms with Crippen molar-refractivity contribution in [3.63, 3.8) is 0 Å². The maximum absolute atomic E-state index is 13.2. The van der Waals surface area contributed by atoms with Crippen molar-refractivity contribution >= 4 is 22.7 Å². The normalized spacial score (nSPS) is 22.3. The van der Waals surface area contributed by atoms with Gasteiger partial charge >= 0.3 is 0 Å². The Bertz CT molecular complexity index is 966. The van der Waals surface area contributed by atoms with Crippen LogP contribution in [-0.4, -0.2) is 46.5 Å². The summed E-state index contributed by atoms with van der Waals surface area (Å²) < 4.78 is 5.82. The summed E-state index contributed by atoms with van der Waals surface area (Å²) in [5.41, 5.74) is 0.762. The van der Waals surface area contributed by atoms with Gasteiger partial charge in [-0.15, -0.1) is 0 Å². The number of carbonyl (C=O) groups is 1. The fourth-order valence-electron chi connectivity index (χ4n) is 4.45. The predicted molar refractivity (Wildman–Crippen MR) is 103 cm³/mol. The zero-order chi connectivity index (χ0) is 18.4. The highest BCUT2D eigenvalue weighted by atomic mass is 16.3. The number of para-hydroxylation sites is 1. The van der Waals surface area contributed by atoms with Crippen LogP contribution in [0.4, 0.5) is 5.82 Å². The van der Waals surface area contributed by atoms with Gasteiger partial charge in [-0.05, 0) is 43.9 Å². The number of rotatable bonds is 2. The Hall–Kier alpha value is -2.89. The molecule has 4 heterocycles. The SMILES string of the molecule is Cc1nccc(N2CCC3CCN(C(=O)c4cc5ccccc5o4)C3C2)n1. The van der Waals surface area contributed by atoms with Crippen LogP contribution in [0.2, 0.25) is 0 Å². The van der Waals surface area contributed by atoms with E-state index in [1.54, 1.807) is 6.20 Å². The number of amides is 1. The number of piperidine rings is 1. The van der Waals surface area contributed by atoms with Gasteiger partial charge in [-0.1, -0.05) is 18.2 Å². The van der Waals surface area contributed by atoms with Crippen molar-refractivity contribution in [2.45, 2.75) is 25.8 Å². The van der Waals surface area contributed by atoms with Crippen LogP contribution >= 0.6 is 0 Å². The Labute approximate surface area is 157 Å². The fraction of sp³-hybridized carbons (Fsp3) is 0.381. The maximum Gasteiger partial charge on any atom is 0.289 e. The summed E-state index contributed by atoms with van der Waals surface area (Å²) in [6.07, 6.45) is 3.95. The number of benzene rings is 1. The van der Waals surface area contributed by atoms with Crippen LogP contribution in [0.1, 0.15) is 29.2 Å². The van der Waals surface area contributed by atoms with E-state index in [0.29, 0.717) is 11.7 Å². The van der Waals surface area contributed by atoms with Crippen molar-refractivity contribution in [3.05, 3.63) is 54.2 Å². The van der Waals surface area contributed by atoms with E-state index in [0.717, 1.165) is 55.1 Å². The van der Waals surface area contributed by atoms with Crippen molar-refractivity contribution in [1.82, 2.24) is 14.9 Å². The molecular formula is C21H22N4O2. The quantitative estimate of drug-likeness (QED) is 0.700. The van der Waals surface area contributed by atoms with Gasteiger partial charge in [-0.2, -0.15) is 0 Å². The van der Waals surface area contributed by atoms with Crippen molar-refractivity contribution in [1.29, 1.82) is 0 Å². The Kier molecular flexibility index (Phi) is 3.85. The minimum atomic E-state index is -0.000539. The third kappa shape index (κ3) is 2.85. The summed E-state index contributed by atoms with van der Waals surface area (Å²) in [7, 11) is 0. The van der Waals surface area contributed by atoms with E-state index in [1.165, 1.54) is 0 Å². The van der Waals surface area contributed by atoms with Gasteiger partial charge in [0, 0.05) is 31.2 Å². The van der Waals surface area contributed by atoms with Crippen LogP contribution < -0.4 is 4.90 Å². The molecule has 138 valence electrons. The third-order valence-electron chi connectivity index (χ3n) is 5.85. The lowest BCUT2D eigenvalue weighted by molar-refractivity contribution is 0.0682. The number of anilines is 1. The van der Waals surface area contributed by atoms with Gasteiger partial charge in [0.05, 0.1) is 6.04 Å². The highest BCUT2D eigenvalue weighted by Crippen LogP contribution is 2.34. The molecule has 0 aliphatic carbocycles. The molecule has 27 heavy (non-hydrogen) atoms. The summed E-state index contributed by atoms with van der Waals surface area (Å²) in [4.78, 5) is 26.2. The number of likely N-dealkylation sites (tertiary alicyclic amines) is 1. The van der Waals surface area contributed by atoms with Crippen LogP contribution in [0.25, 0.3) is 11.0 Å². The van der Waals surface area contributed by atoms with E-state index in [2.05, 4.69) is 14.9 Å². The van der Waals surface area contributed by atoms with E-state index < -0.39 is 0 Å². The monoisotopic (exact) mass is 362 g/mol. The number of carbonyl (C=O) groups excluding carboxylic acids is 1. The molecule has 6 heteroatoms. The first-order chi connectivity index (χ1) is 13.2. The van der Waals surface area contributed by atoms with Crippen LogP contribution in [-0.2, 0) is 0 Å². The Morgan fingerprint density at radius 2 is 2.04 bits per heavy atom. The van der Waals surface area contributed by atoms with Gasteiger partial charge in [0.1, 0.15) is 17.2 Å². The second kappa shape index (κ2) is 6.37. The van der Waals surface area contributed by atoms with Gasteiger partial charge in [-0.3, -0.25) is 4.79 Å². The topological polar surface area (TPSA) is 62.5 Å². The molecule has 0 bridgehead atoms. The number of hydrogen-bond donors (Lipinski definition) is 0. The van der Waals surface area contributed by atoms with Gasteiger partial charge in [0.15, 0.2) is 5.76 Å². The molecule has 6 nitrogen and oxygen atoms in total. The predicted octanol–water partition coefficient (Wildman–Crippen LogP) is 3.27. The number of aromatic nitrogens is 2. The molecule has 2 fully saturated rings. The number of hydrogen-bond acceptors (Lipinski definition) is 5. The van der Waals surface area contributed by atoms with Crippen LogP contribution in [0, 0.1) is 12.8 Å². The molecule has 3 aromatic rings. The van der Waals surface area contributed by atoms with Crippen LogP contribution in [0.5, 0.6) is 0 Å². The zero-order valence-corrected chi connectivity index (χ0v) is 15.3. The molecule has 2 saturated heterocycles. The van der Waals surface area contributed by atoms with Gasteiger partial charge in [-0.25, -0.2) is 9.97 Å². The lowest BCUT2D eigenvalue weighted by Gasteiger charge is -2.38. The molecule has 0 radical (unpaired) electrons. The molecule has 0 spiro atoms. The highest BCUT2D eigenvalue weighted by Gasteiger charge is 2.41. The molecule has 0 saturated carbocycles. The molecule has 2 aliphatic rings. The molecule has 5 rings (SSSR count). The van der Waals surface area contributed by atoms with Crippen molar-refractivity contribution in [2.24, 2.45) is 5.92 Å². The van der Waals surface area contributed by atoms with Gasteiger partial charge < -0.3 is 14.2 Å². The number of nitrogens with zero attached hydrogens (tertiary/aromatic N) is 4. The van der Waals surface area contributed by atoms with E-state index >= 15 is 0 Å². The molecule has 2 atom stereocenters. The maximum atomic E-state index is 13.2. The molecule has 1 aromatic carbocycles. The average Bonchev–Trinajstić information content (AvgIpc) is 3.31. The largest absolute Gasteiger partial charge is 0.451 e. The van der Waals surface area contributed by atoms with Crippen molar-refractivity contribution in [2.75, 3.05) is 24.5 Å². The summed E-state index contributed by atoms with van der Waals surface area (Å²) in [5.74, 6) is 2.71. The lowest BCUT2D eigenvalue weighted by Crippen LogP contribution is -2.50. The molecule has 1 amide bonds. The second-order valence-electron chi connectivity index (χ2n) is 7.46. The lowest BCUT2D eigenvalue weighted by atomic mass is 9.92. The average molecular weight is 362 g/mol. The Morgan fingerprint density at radius 3 is 2.89 bits per heavy atom. The van der Waals surface area contributed by atoms with E-state index in [9.17, 15) is 4.79 Å². The zero-order valence-electron chi connectivity index (χ0n) is 15.3. The number of furan rings is 1. The van der Waals surface area contributed by atoms with E-state index in [4.69, 9.17) is 4.42 Å². The Balaban J connectivity index is 1.39. The van der Waals surface area contributed by atoms with Gasteiger partial charge in [0.2, 0.25) is 0 Å². The molecular weight excluding hydrogens is 340 g/mol. The molecule has 2 unspecified atom stereocenters. The highest BCUT2D eigenvalue weighted by molar-refractivity contribution is 5.96. The first-order valence-electron chi connectivity index (χ1n) is 9.53. The smallest absolute Gasteiger partial charge is 0.289 e. The molecule has 2 aliphatic heterocycles. The van der Waals surface area contributed by atoms with Crippen LogP contribution in [0.15, 0.2) is 47.0 Å². The van der Waals surface area contributed by atoms with Crippen molar-refractivity contribution < 1.29 is 9.21 Å². The fourth-order valence-corrected chi connectivity index (χ4v) is 4.45. The number of aryl methyl sites for hydroxylation is 1.